The predicted molar refractivity (Wildman–Crippen MR) is 102 cm³/mol. The summed E-state index contributed by atoms with van der Waals surface area (Å²) in [7, 11) is 0. The molecule has 1 aliphatic carbocycles. The number of rotatable bonds is 8. The van der Waals surface area contributed by atoms with Crippen LogP contribution >= 0.6 is 11.8 Å². The van der Waals surface area contributed by atoms with Crippen molar-refractivity contribution < 1.29 is 14.5 Å². The first-order valence-electron chi connectivity index (χ1n) is 8.50. The molecule has 2 aromatic rings. The highest BCUT2D eigenvalue weighted by Gasteiger charge is 2.30. The van der Waals surface area contributed by atoms with Gasteiger partial charge in [0.15, 0.2) is 5.16 Å². The summed E-state index contributed by atoms with van der Waals surface area (Å²) in [4.78, 5) is 34.1. The number of non-ortho nitro benzene ring substituents is 1. The second kappa shape index (κ2) is 8.65. The number of nitro benzene ring substituents is 1. The van der Waals surface area contributed by atoms with Crippen molar-refractivity contribution in [3.05, 3.63) is 58.4 Å². The van der Waals surface area contributed by atoms with E-state index in [-0.39, 0.29) is 17.0 Å². The average molecular weight is 402 g/mol. The highest BCUT2D eigenvalue weighted by molar-refractivity contribution is 7.99. The minimum Gasteiger partial charge on any atom is -0.302 e. The van der Waals surface area contributed by atoms with E-state index in [0.717, 1.165) is 18.7 Å². The number of allylic oxidation sites excluding steroid dienone is 1. The molecule has 146 valence electrons. The van der Waals surface area contributed by atoms with Gasteiger partial charge in [0.1, 0.15) is 5.82 Å². The zero-order valence-corrected chi connectivity index (χ0v) is 15.6. The second-order valence-electron chi connectivity index (χ2n) is 6.11. The Kier molecular flexibility index (Phi) is 6.04. The number of nitro groups is 1. The molecule has 2 amide bonds. The van der Waals surface area contributed by atoms with Crippen LogP contribution in [0.1, 0.15) is 34.9 Å². The van der Waals surface area contributed by atoms with E-state index in [1.807, 2.05) is 4.57 Å². The Morgan fingerprint density at radius 1 is 1.29 bits per heavy atom. The maximum absolute atomic E-state index is 12.0. The summed E-state index contributed by atoms with van der Waals surface area (Å²) in [6.45, 7) is 4.30. The molecular weight excluding hydrogens is 384 g/mol. The summed E-state index contributed by atoms with van der Waals surface area (Å²) in [6.07, 6.45) is 3.94. The van der Waals surface area contributed by atoms with E-state index in [0.29, 0.717) is 17.6 Å². The Balaban J connectivity index is 1.50. The third-order valence-electron chi connectivity index (χ3n) is 3.99. The molecule has 0 bridgehead atoms. The topological polar surface area (TPSA) is 132 Å². The minimum absolute atomic E-state index is 0.0421. The molecule has 3 rings (SSSR count). The maximum Gasteiger partial charge on any atom is 0.269 e. The molecule has 0 spiro atoms. The lowest BCUT2D eigenvalue weighted by Crippen LogP contribution is -2.42. The molecule has 2 N–H and O–H groups in total. The number of nitrogens with one attached hydrogen (secondary N) is 2. The van der Waals surface area contributed by atoms with Gasteiger partial charge < -0.3 is 4.57 Å². The second-order valence-corrected chi connectivity index (χ2v) is 7.05. The van der Waals surface area contributed by atoms with E-state index in [1.54, 1.807) is 6.08 Å². The monoisotopic (exact) mass is 402 g/mol. The van der Waals surface area contributed by atoms with Crippen molar-refractivity contribution in [3.8, 4) is 0 Å². The summed E-state index contributed by atoms with van der Waals surface area (Å²) in [6, 6.07) is 5.06. The van der Waals surface area contributed by atoms with Crippen LogP contribution in [-0.2, 0) is 11.3 Å². The van der Waals surface area contributed by atoms with Crippen LogP contribution in [0.3, 0.4) is 0 Å². The normalized spacial score (nSPS) is 13.0. The lowest BCUT2D eigenvalue weighted by Gasteiger charge is -2.08. The maximum atomic E-state index is 12.0. The highest BCUT2D eigenvalue weighted by Crippen LogP contribution is 2.40. The van der Waals surface area contributed by atoms with Crippen molar-refractivity contribution >= 4 is 29.3 Å². The fourth-order valence-corrected chi connectivity index (χ4v) is 3.21. The number of benzene rings is 1. The van der Waals surface area contributed by atoms with Gasteiger partial charge in [-0.2, -0.15) is 0 Å². The number of carbonyl (C=O) groups excluding carboxylic acids is 2. The highest BCUT2D eigenvalue weighted by atomic mass is 32.2. The van der Waals surface area contributed by atoms with E-state index < -0.39 is 16.7 Å². The standard InChI is InChI=1S/C17H18N6O4S/c1-2-9-22-15(11-3-4-11)19-21-17(22)28-10-14(24)18-20-16(25)12-5-7-13(8-6-12)23(26)27/h2,5-8,11H,1,3-4,9-10H2,(H,18,24)(H,20,25). The van der Waals surface area contributed by atoms with Crippen molar-refractivity contribution in [2.24, 2.45) is 0 Å². The molecule has 0 radical (unpaired) electrons. The number of carbonyl (C=O) groups is 2. The van der Waals surface area contributed by atoms with Crippen molar-refractivity contribution in [2.75, 3.05) is 5.75 Å². The average Bonchev–Trinajstić information content (AvgIpc) is 3.46. The Labute approximate surface area is 164 Å². The fraction of sp³-hybridized carbons (Fsp3) is 0.294. The fourth-order valence-electron chi connectivity index (χ4n) is 2.45. The smallest absolute Gasteiger partial charge is 0.269 e. The summed E-state index contributed by atoms with van der Waals surface area (Å²) < 4.78 is 1.94. The number of hydrazine groups is 1. The molecule has 0 saturated heterocycles. The Morgan fingerprint density at radius 3 is 2.61 bits per heavy atom. The SMILES string of the molecule is C=CCn1c(SCC(=O)NNC(=O)c2ccc([N+](=O)[O-])cc2)nnc1C1CC1. The van der Waals surface area contributed by atoms with Gasteiger partial charge in [-0.3, -0.25) is 30.6 Å². The van der Waals surface area contributed by atoms with Crippen LogP contribution in [0.25, 0.3) is 0 Å². The first kappa shape index (κ1) is 19.5. The molecule has 28 heavy (non-hydrogen) atoms. The molecule has 1 aromatic heterocycles. The van der Waals surface area contributed by atoms with Crippen LogP contribution in [0, 0.1) is 10.1 Å². The number of hydrogen-bond acceptors (Lipinski definition) is 7. The van der Waals surface area contributed by atoms with E-state index >= 15 is 0 Å². The molecule has 1 saturated carbocycles. The zero-order chi connectivity index (χ0) is 20.1. The van der Waals surface area contributed by atoms with Gasteiger partial charge in [0, 0.05) is 30.2 Å². The van der Waals surface area contributed by atoms with Gasteiger partial charge in [-0.15, -0.1) is 16.8 Å². The van der Waals surface area contributed by atoms with Gasteiger partial charge in [0.05, 0.1) is 10.7 Å². The number of hydrogen-bond donors (Lipinski definition) is 2. The quantitative estimate of drug-likeness (QED) is 0.298. The Bertz CT molecular complexity index is 907. The van der Waals surface area contributed by atoms with Crippen LogP contribution in [0.2, 0.25) is 0 Å². The molecule has 0 aliphatic heterocycles. The van der Waals surface area contributed by atoms with Crippen molar-refractivity contribution in [1.82, 2.24) is 25.6 Å². The molecule has 10 nitrogen and oxygen atoms in total. The van der Waals surface area contributed by atoms with E-state index in [9.17, 15) is 19.7 Å². The Morgan fingerprint density at radius 2 is 2.00 bits per heavy atom. The van der Waals surface area contributed by atoms with Gasteiger partial charge in [-0.1, -0.05) is 17.8 Å². The van der Waals surface area contributed by atoms with Gasteiger partial charge in [0.25, 0.3) is 11.6 Å². The van der Waals surface area contributed by atoms with Crippen LogP contribution in [0.4, 0.5) is 5.69 Å². The molecular formula is C17H18N6O4S. The molecule has 0 unspecified atom stereocenters. The van der Waals surface area contributed by atoms with Gasteiger partial charge >= 0.3 is 0 Å². The summed E-state index contributed by atoms with van der Waals surface area (Å²) in [5.74, 6) is 0.395. The van der Waals surface area contributed by atoms with Crippen LogP contribution in [-0.4, -0.2) is 37.3 Å². The summed E-state index contributed by atoms with van der Waals surface area (Å²) >= 11 is 1.22. The van der Waals surface area contributed by atoms with Gasteiger partial charge in [-0.05, 0) is 25.0 Å². The lowest BCUT2D eigenvalue weighted by molar-refractivity contribution is -0.384. The summed E-state index contributed by atoms with van der Waals surface area (Å²) in [5.41, 5.74) is 4.66. The number of aromatic nitrogens is 3. The van der Waals surface area contributed by atoms with Crippen LogP contribution in [0.15, 0.2) is 42.1 Å². The zero-order valence-electron chi connectivity index (χ0n) is 14.8. The third-order valence-corrected chi connectivity index (χ3v) is 4.95. The first-order valence-corrected chi connectivity index (χ1v) is 9.48. The van der Waals surface area contributed by atoms with Crippen molar-refractivity contribution in [2.45, 2.75) is 30.5 Å². The van der Waals surface area contributed by atoms with E-state index in [1.165, 1.54) is 36.0 Å². The largest absolute Gasteiger partial charge is 0.302 e. The first-order chi connectivity index (χ1) is 13.5. The van der Waals surface area contributed by atoms with E-state index in [2.05, 4.69) is 27.6 Å². The summed E-state index contributed by atoms with van der Waals surface area (Å²) in [5, 5.41) is 19.6. The minimum atomic E-state index is -0.570. The van der Waals surface area contributed by atoms with E-state index in [4.69, 9.17) is 0 Å². The molecule has 1 fully saturated rings. The van der Waals surface area contributed by atoms with Crippen LogP contribution in [0.5, 0.6) is 0 Å². The van der Waals surface area contributed by atoms with Crippen molar-refractivity contribution in [3.63, 3.8) is 0 Å². The molecule has 1 aromatic carbocycles. The molecule has 11 heteroatoms. The van der Waals surface area contributed by atoms with Gasteiger partial charge in [0.2, 0.25) is 5.91 Å². The van der Waals surface area contributed by atoms with Crippen LogP contribution < -0.4 is 10.9 Å². The molecule has 0 atom stereocenters. The number of nitrogens with zero attached hydrogens (tertiary/aromatic N) is 4. The Hall–Kier alpha value is -3.21. The molecule has 1 aliphatic rings. The lowest BCUT2D eigenvalue weighted by atomic mass is 10.2. The number of amides is 2. The number of thioether (sulfide) groups is 1. The van der Waals surface area contributed by atoms with Crippen molar-refractivity contribution in [1.29, 1.82) is 0 Å². The van der Waals surface area contributed by atoms with Gasteiger partial charge in [-0.25, -0.2) is 0 Å². The molecule has 1 heterocycles. The third kappa shape index (κ3) is 4.74. The predicted octanol–water partition coefficient (Wildman–Crippen LogP) is 1.80.